The predicted molar refractivity (Wildman–Crippen MR) is 116 cm³/mol. The molecule has 0 saturated heterocycles. The van der Waals surface area contributed by atoms with Crippen LogP contribution < -0.4 is 14.8 Å². The molecule has 156 valence electrons. The minimum absolute atomic E-state index is 0.107. The van der Waals surface area contributed by atoms with Crippen LogP contribution in [-0.4, -0.2) is 48.5 Å². The maximum Gasteiger partial charge on any atom is 0.272 e. The van der Waals surface area contributed by atoms with Crippen LogP contribution in [0.15, 0.2) is 54.6 Å². The number of fused-ring (bicyclic) bond motifs is 1. The van der Waals surface area contributed by atoms with Crippen molar-refractivity contribution in [3.05, 3.63) is 60.3 Å². The molecule has 3 rings (SSSR count). The van der Waals surface area contributed by atoms with E-state index >= 15 is 0 Å². The van der Waals surface area contributed by atoms with Crippen molar-refractivity contribution in [2.45, 2.75) is 13.8 Å². The number of anilines is 1. The molecule has 30 heavy (non-hydrogen) atoms. The van der Waals surface area contributed by atoms with E-state index in [-0.39, 0.29) is 18.4 Å². The summed E-state index contributed by atoms with van der Waals surface area (Å²) in [5.41, 5.74) is 1.60. The van der Waals surface area contributed by atoms with Crippen molar-refractivity contribution in [3.63, 3.8) is 0 Å². The number of pyridine rings is 1. The smallest absolute Gasteiger partial charge is 0.272 e. The summed E-state index contributed by atoms with van der Waals surface area (Å²) in [5.74, 6) is 0.532. The third-order valence-corrected chi connectivity index (χ3v) is 4.37. The number of amides is 2. The summed E-state index contributed by atoms with van der Waals surface area (Å²) in [6, 6.07) is 16.3. The van der Waals surface area contributed by atoms with Crippen molar-refractivity contribution in [1.29, 1.82) is 0 Å². The van der Waals surface area contributed by atoms with Crippen LogP contribution in [0.25, 0.3) is 10.9 Å². The van der Waals surface area contributed by atoms with E-state index in [0.29, 0.717) is 36.1 Å². The Bertz CT molecular complexity index is 1050. The van der Waals surface area contributed by atoms with Gasteiger partial charge in [0.2, 0.25) is 5.91 Å². The second-order valence-electron chi connectivity index (χ2n) is 6.63. The second kappa shape index (κ2) is 9.73. The fourth-order valence-electron chi connectivity index (χ4n) is 3.00. The van der Waals surface area contributed by atoms with E-state index in [0.717, 1.165) is 10.9 Å². The average molecular weight is 407 g/mol. The van der Waals surface area contributed by atoms with Crippen LogP contribution in [0.4, 0.5) is 5.69 Å². The first-order chi connectivity index (χ1) is 14.5. The molecule has 0 unspecified atom stereocenters. The van der Waals surface area contributed by atoms with Crippen LogP contribution >= 0.6 is 0 Å². The summed E-state index contributed by atoms with van der Waals surface area (Å²) in [5, 5.41) is 3.74. The Hall–Kier alpha value is -3.61. The molecule has 0 bridgehead atoms. The maximum absolute atomic E-state index is 12.7. The number of hydrogen-bond donors (Lipinski definition) is 1. The normalized spacial score (nSPS) is 10.5. The SMILES string of the molecule is CCOc1ccc(NC(=O)CN(C)C(=O)c2ccc3ccccc3n2)cc1OCC. The Morgan fingerprint density at radius 2 is 1.70 bits per heavy atom. The Labute approximate surface area is 175 Å². The molecule has 3 aromatic rings. The first-order valence-electron chi connectivity index (χ1n) is 9.82. The molecule has 0 aliphatic rings. The zero-order valence-corrected chi connectivity index (χ0v) is 17.3. The number of likely N-dealkylation sites (N-methyl/N-ethyl adjacent to an activating group) is 1. The highest BCUT2D eigenvalue weighted by atomic mass is 16.5. The number of para-hydroxylation sites is 1. The number of ether oxygens (including phenoxy) is 2. The van der Waals surface area contributed by atoms with Gasteiger partial charge < -0.3 is 19.7 Å². The lowest BCUT2D eigenvalue weighted by Gasteiger charge is -2.17. The fraction of sp³-hybridized carbons (Fsp3) is 0.261. The van der Waals surface area contributed by atoms with Gasteiger partial charge in [-0.15, -0.1) is 0 Å². The highest BCUT2D eigenvalue weighted by Gasteiger charge is 2.17. The Kier molecular flexibility index (Phi) is 6.85. The summed E-state index contributed by atoms with van der Waals surface area (Å²) >= 11 is 0. The quantitative estimate of drug-likeness (QED) is 0.615. The van der Waals surface area contributed by atoms with Crippen LogP contribution in [-0.2, 0) is 4.79 Å². The standard InChI is InChI=1S/C23H25N3O4/c1-4-29-20-13-11-17(14-21(20)30-5-2)24-22(27)15-26(3)23(28)19-12-10-16-8-6-7-9-18(16)25-19/h6-14H,4-5,15H2,1-3H3,(H,24,27). The zero-order chi connectivity index (χ0) is 21.5. The van der Waals surface area contributed by atoms with Gasteiger partial charge in [0.15, 0.2) is 11.5 Å². The van der Waals surface area contributed by atoms with Crippen molar-refractivity contribution >= 4 is 28.4 Å². The fourth-order valence-corrected chi connectivity index (χ4v) is 3.00. The van der Waals surface area contributed by atoms with Gasteiger partial charge in [-0.2, -0.15) is 0 Å². The summed E-state index contributed by atoms with van der Waals surface area (Å²) in [7, 11) is 1.57. The van der Waals surface area contributed by atoms with Crippen molar-refractivity contribution in [3.8, 4) is 11.5 Å². The van der Waals surface area contributed by atoms with E-state index in [1.54, 1.807) is 31.3 Å². The minimum Gasteiger partial charge on any atom is -0.490 e. The lowest BCUT2D eigenvalue weighted by molar-refractivity contribution is -0.116. The van der Waals surface area contributed by atoms with E-state index in [2.05, 4.69) is 10.3 Å². The molecule has 0 aliphatic carbocycles. The Morgan fingerprint density at radius 1 is 0.967 bits per heavy atom. The van der Waals surface area contributed by atoms with Crippen LogP contribution in [0.1, 0.15) is 24.3 Å². The van der Waals surface area contributed by atoms with Crippen molar-refractivity contribution in [1.82, 2.24) is 9.88 Å². The highest BCUT2D eigenvalue weighted by molar-refractivity contribution is 5.99. The third-order valence-electron chi connectivity index (χ3n) is 4.37. The van der Waals surface area contributed by atoms with E-state index < -0.39 is 0 Å². The molecular formula is C23H25N3O4. The monoisotopic (exact) mass is 407 g/mol. The van der Waals surface area contributed by atoms with Crippen molar-refractivity contribution in [2.24, 2.45) is 0 Å². The molecule has 1 heterocycles. The largest absolute Gasteiger partial charge is 0.490 e. The number of rotatable bonds is 8. The number of hydrogen-bond acceptors (Lipinski definition) is 5. The molecule has 0 saturated carbocycles. The lowest BCUT2D eigenvalue weighted by Crippen LogP contribution is -2.35. The van der Waals surface area contributed by atoms with Gasteiger partial charge >= 0.3 is 0 Å². The number of aromatic nitrogens is 1. The number of nitrogens with one attached hydrogen (secondary N) is 1. The maximum atomic E-state index is 12.7. The molecule has 7 heteroatoms. The molecule has 0 fully saturated rings. The van der Waals surface area contributed by atoms with Crippen LogP contribution in [0.3, 0.4) is 0 Å². The topological polar surface area (TPSA) is 80.8 Å². The van der Waals surface area contributed by atoms with Gasteiger partial charge in [0.25, 0.3) is 5.91 Å². The van der Waals surface area contributed by atoms with Crippen molar-refractivity contribution in [2.75, 3.05) is 32.1 Å². The summed E-state index contributed by atoms with van der Waals surface area (Å²) in [6.45, 7) is 4.66. The summed E-state index contributed by atoms with van der Waals surface area (Å²) < 4.78 is 11.1. The molecule has 7 nitrogen and oxygen atoms in total. The Morgan fingerprint density at radius 3 is 2.47 bits per heavy atom. The third kappa shape index (κ3) is 5.05. The van der Waals surface area contributed by atoms with Crippen LogP contribution in [0, 0.1) is 0 Å². The van der Waals surface area contributed by atoms with Crippen LogP contribution in [0.2, 0.25) is 0 Å². The van der Waals surface area contributed by atoms with Crippen molar-refractivity contribution < 1.29 is 19.1 Å². The van der Waals surface area contributed by atoms with Gasteiger partial charge in [-0.3, -0.25) is 9.59 Å². The second-order valence-corrected chi connectivity index (χ2v) is 6.63. The molecule has 1 aromatic heterocycles. The first kappa shape index (κ1) is 21.1. The van der Waals surface area contributed by atoms with E-state index in [1.165, 1.54) is 4.90 Å². The Balaban J connectivity index is 1.66. The van der Waals surface area contributed by atoms with Gasteiger partial charge in [0, 0.05) is 24.2 Å². The van der Waals surface area contributed by atoms with Crippen LogP contribution in [0.5, 0.6) is 11.5 Å². The van der Waals surface area contributed by atoms with E-state index in [9.17, 15) is 9.59 Å². The number of nitrogens with zero attached hydrogens (tertiary/aromatic N) is 2. The zero-order valence-electron chi connectivity index (χ0n) is 17.3. The molecular weight excluding hydrogens is 382 g/mol. The number of carbonyl (C=O) groups is 2. The minimum atomic E-state index is -0.322. The molecule has 0 radical (unpaired) electrons. The summed E-state index contributed by atoms with van der Waals surface area (Å²) in [6.07, 6.45) is 0. The molecule has 1 N–H and O–H groups in total. The molecule has 0 aliphatic heterocycles. The summed E-state index contributed by atoms with van der Waals surface area (Å²) in [4.78, 5) is 30.9. The molecule has 2 aromatic carbocycles. The van der Waals surface area contributed by atoms with E-state index in [4.69, 9.17) is 9.47 Å². The first-order valence-corrected chi connectivity index (χ1v) is 9.82. The predicted octanol–water partition coefficient (Wildman–Crippen LogP) is 3.74. The highest BCUT2D eigenvalue weighted by Crippen LogP contribution is 2.30. The molecule has 0 spiro atoms. The number of carbonyl (C=O) groups excluding carboxylic acids is 2. The van der Waals surface area contributed by atoms with Gasteiger partial charge in [-0.1, -0.05) is 24.3 Å². The van der Waals surface area contributed by atoms with Gasteiger partial charge in [-0.25, -0.2) is 4.98 Å². The number of benzene rings is 2. The van der Waals surface area contributed by atoms with Gasteiger partial charge in [0.1, 0.15) is 5.69 Å². The lowest BCUT2D eigenvalue weighted by atomic mass is 10.2. The molecule has 2 amide bonds. The average Bonchev–Trinajstić information content (AvgIpc) is 2.75. The van der Waals surface area contributed by atoms with E-state index in [1.807, 2.05) is 44.2 Å². The van der Waals surface area contributed by atoms with Gasteiger partial charge in [-0.05, 0) is 38.1 Å². The van der Waals surface area contributed by atoms with Gasteiger partial charge in [0.05, 0.1) is 25.3 Å². The molecule has 0 atom stereocenters.